The number of nitrogens with one attached hydrogen (secondary N) is 1. The molecule has 0 unspecified atom stereocenters. The fourth-order valence-corrected chi connectivity index (χ4v) is 4.33. The predicted octanol–water partition coefficient (Wildman–Crippen LogP) is 6.27. The highest BCUT2D eigenvalue weighted by atomic mass is 79.9. The second kappa shape index (κ2) is 11.9. The van der Waals surface area contributed by atoms with Crippen LogP contribution in [0.4, 0.5) is 8.78 Å². The third-order valence-corrected chi connectivity index (χ3v) is 6.42. The third-order valence-electron chi connectivity index (χ3n) is 5.93. The Balaban J connectivity index is 1.71. The Morgan fingerprint density at radius 1 is 1.07 bits per heavy atom. The van der Waals surface area contributed by atoms with Crippen LogP contribution in [0.5, 0.6) is 11.6 Å². The van der Waals surface area contributed by atoms with Crippen LogP contribution >= 0.6 is 15.9 Å². The highest BCUT2D eigenvalue weighted by molar-refractivity contribution is 9.10. The van der Waals surface area contributed by atoms with Crippen LogP contribution in [0.25, 0.3) is 16.6 Å². The predicted molar refractivity (Wildman–Crippen MR) is 151 cm³/mol. The largest absolute Gasteiger partial charge is 0.483 e. The van der Waals surface area contributed by atoms with E-state index in [0.717, 1.165) is 21.1 Å². The quantitative estimate of drug-likeness (QED) is 0.226. The molecule has 2 atom stereocenters. The van der Waals surface area contributed by atoms with Crippen LogP contribution in [0.2, 0.25) is 0 Å². The van der Waals surface area contributed by atoms with E-state index in [1.165, 1.54) is 13.3 Å². The number of fused-ring (bicyclic) bond motifs is 1. The summed E-state index contributed by atoms with van der Waals surface area (Å²) in [5, 5.41) is 7.75. The summed E-state index contributed by atoms with van der Waals surface area (Å²) in [7, 11) is 1.49. The van der Waals surface area contributed by atoms with E-state index in [-0.39, 0.29) is 6.61 Å². The van der Waals surface area contributed by atoms with Crippen LogP contribution in [0.1, 0.15) is 39.4 Å². The number of methoxy groups -OCH3 is 1. The molecule has 11 heteroatoms. The van der Waals surface area contributed by atoms with Crippen molar-refractivity contribution in [3.8, 4) is 17.3 Å². The third kappa shape index (κ3) is 7.33. The minimum atomic E-state index is -3.59. The number of carbonyl (C=O) groups excluding carboxylic acids is 1. The van der Waals surface area contributed by atoms with Gasteiger partial charge in [0.2, 0.25) is 5.88 Å². The Morgan fingerprint density at radius 3 is 2.48 bits per heavy atom. The molecular weight excluding hydrogens is 586 g/mol. The molecule has 1 N–H and O–H groups in total. The molecule has 1 amide bonds. The monoisotopic (exact) mass is 616 g/mol. The van der Waals surface area contributed by atoms with Crippen molar-refractivity contribution in [1.29, 1.82) is 0 Å². The van der Waals surface area contributed by atoms with Gasteiger partial charge in [-0.2, -0.15) is 13.9 Å². The molecule has 4 aromatic rings. The molecule has 212 valence electrons. The first-order valence-electron chi connectivity index (χ1n) is 12.6. The van der Waals surface area contributed by atoms with Crippen LogP contribution in [0.15, 0.2) is 71.5 Å². The van der Waals surface area contributed by atoms with Gasteiger partial charge in [0.15, 0.2) is 0 Å². The molecular formula is C29H31BrF2N4O4. The number of benzene rings is 2. The normalized spacial score (nSPS) is 13.6. The van der Waals surface area contributed by atoms with Crippen molar-refractivity contribution in [1.82, 2.24) is 20.1 Å². The first kappa shape index (κ1) is 29.4. The minimum absolute atomic E-state index is 0.0922. The number of alkyl halides is 2. The molecule has 2 aromatic heterocycles. The molecule has 2 aromatic carbocycles. The van der Waals surface area contributed by atoms with Gasteiger partial charge in [-0.3, -0.25) is 4.79 Å². The zero-order chi connectivity index (χ0) is 29.1. The molecule has 0 spiro atoms. The first-order chi connectivity index (χ1) is 18.8. The second-order valence-electron chi connectivity index (χ2n) is 10.3. The Morgan fingerprint density at radius 2 is 1.85 bits per heavy atom. The summed E-state index contributed by atoms with van der Waals surface area (Å²) < 4.78 is 48.1. The highest BCUT2D eigenvalue weighted by Gasteiger charge is 2.37. The van der Waals surface area contributed by atoms with Crippen molar-refractivity contribution in [3.05, 3.63) is 77.0 Å². The maximum atomic E-state index is 13.9. The van der Waals surface area contributed by atoms with Crippen molar-refractivity contribution in [2.75, 3.05) is 13.7 Å². The van der Waals surface area contributed by atoms with Gasteiger partial charge in [0, 0.05) is 34.6 Å². The van der Waals surface area contributed by atoms with Gasteiger partial charge < -0.3 is 19.5 Å². The van der Waals surface area contributed by atoms with Crippen molar-refractivity contribution in [2.45, 2.75) is 51.4 Å². The maximum Gasteiger partial charge on any atom is 0.321 e. The Labute approximate surface area is 239 Å². The summed E-state index contributed by atoms with van der Waals surface area (Å²) in [6.45, 7) is 5.96. The van der Waals surface area contributed by atoms with Gasteiger partial charge in [-0.05, 0) is 63.2 Å². The number of pyridine rings is 1. The zero-order valence-electron chi connectivity index (χ0n) is 22.8. The van der Waals surface area contributed by atoms with Gasteiger partial charge in [0.25, 0.3) is 5.91 Å². The Bertz CT molecular complexity index is 1470. The number of ether oxygens (including phenoxy) is 3. The molecule has 0 saturated heterocycles. The van der Waals surface area contributed by atoms with Crippen LogP contribution in [0.3, 0.4) is 0 Å². The molecule has 0 aliphatic heterocycles. The lowest BCUT2D eigenvalue weighted by Crippen LogP contribution is -2.50. The summed E-state index contributed by atoms with van der Waals surface area (Å²) in [5.74, 6) is -4.21. The van der Waals surface area contributed by atoms with Crippen molar-refractivity contribution in [2.24, 2.45) is 0 Å². The number of carbonyl (C=O) groups is 1. The zero-order valence-corrected chi connectivity index (χ0v) is 24.4. The van der Waals surface area contributed by atoms with E-state index in [9.17, 15) is 13.6 Å². The van der Waals surface area contributed by atoms with E-state index < -0.39 is 29.6 Å². The molecule has 0 bridgehead atoms. The molecule has 2 heterocycles. The van der Waals surface area contributed by atoms with Gasteiger partial charge in [0.1, 0.15) is 11.9 Å². The van der Waals surface area contributed by atoms with Crippen LogP contribution < -0.4 is 14.8 Å². The molecule has 0 saturated carbocycles. The van der Waals surface area contributed by atoms with Crippen molar-refractivity contribution >= 4 is 32.7 Å². The average Bonchev–Trinajstić information content (AvgIpc) is 3.32. The first-order valence-corrected chi connectivity index (χ1v) is 13.4. The van der Waals surface area contributed by atoms with Gasteiger partial charge in [-0.15, -0.1) is 0 Å². The lowest BCUT2D eigenvalue weighted by molar-refractivity contribution is -0.146. The number of hydrogen-bond acceptors (Lipinski definition) is 6. The lowest BCUT2D eigenvalue weighted by Gasteiger charge is -2.32. The molecule has 4 rings (SSSR count). The van der Waals surface area contributed by atoms with Crippen LogP contribution in [-0.4, -0.2) is 52.0 Å². The van der Waals surface area contributed by atoms with Crippen molar-refractivity contribution in [3.63, 3.8) is 0 Å². The smallest absolute Gasteiger partial charge is 0.321 e. The van der Waals surface area contributed by atoms with E-state index in [2.05, 4.69) is 31.3 Å². The van der Waals surface area contributed by atoms with Crippen molar-refractivity contribution < 1.29 is 27.8 Å². The lowest BCUT2D eigenvalue weighted by atomic mass is 10.0. The fourth-order valence-electron chi connectivity index (χ4n) is 3.95. The minimum Gasteiger partial charge on any atom is -0.483 e. The number of aromatic nitrogens is 3. The van der Waals surface area contributed by atoms with E-state index in [0.29, 0.717) is 24.1 Å². The number of halogens is 3. The highest BCUT2D eigenvalue weighted by Crippen LogP contribution is 2.31. The maximum absolute atomic E-state index is 13.9. The second-order valence-corrected chi connectivity index (χ2v) is 11.2. The average molecular weight is 617 g/mol. The summed E-state index contributed by atoms with van der Waals surface area (Å²) >= 11 is 3.49. The summed E-state index contributed by atoms with van der Waals surface area (Å²) in [5.41, 5.74) is 1.66. The molecule has 8 nitrogen and oxygen atoms in total. The van der Waals surface area contributed by atoms with Crippen LogP contribution in [-0.2, 0) is 9.53 Å². The molecule has 0 radical (unpaired) electrons. The number of amides is 1. The summed E-state index contributed by atoms with van der Waals surface area (Å²) in [4.78, 5) is 16.7. The van der Waals surface area contributed by atoms with Gasteiger partial charge in [-0.25, -0.2) is 9.67 Å². The SMILES string of the molecule is COc1ccc([C@@H](Oc2ccc3c(cnn3-c3cccc(Br)c3)c2)[C@H](COC(C)(C)C)NC(=O)C(C)(F)F)cn1. The Hall–Kier alpha value is -3.57. The standard InChI is InChI=1S/C29H31BrF2N4O4/c1-28(2,3)39-17-23(35-27(37)29(4,31)32)26(18-9-12-25(38-5)33-15-18)40-22-10-11-24-19(13-22)16-34-36(24)21-8-6-7-20(30)14-21/h6-16,23,26H,17H2,1-5H3,(H,35,37)/t23-,26+/m0/s1. The van der Waals surface area contributed by atoms with E-state index in [1.807, 2.05) is 51.1 Å². The van der Waals surface area contributed by atoms with Gasteiger partial charge in [0.05, 0.1) is 42.8 Å². The fraction of sp³-hybridized carbons (Fsp3) is 0.345. The number of rotatable bonds is 10. The summed E-state index contributed by atoms with van der Waals surface area (Å²) in [6, 6.07) is 15.5. The number of nitrogens with zero attached hydrogens (tertiary/aromatic N) is 3. The van der Waals surface area contributed by atoms with Gasteiger partial charge in [-0.1, -0.05) is 22.0 Å². The van der Waals surface area contributed by atoms with E-state index in [1.54, 1.807) is 35.1 Å². The van der Waals surface area contributed by atoms with E-state index >= 15 is 0 Å². The van der Waals surface area contributed by atoms with E-state index in [4.69, 9.17) is 14.2 Å². The molecule has 40 heavy (non-hydrogen) atoms. The van der Waals surface area contributed by atoms with Crippen LogP contribution in [0, 0.1) is 0 Å². The molecule has 0 aliphatic rings. The topological polar surface area (TPSA) is 87.5 Å². The van der Waals surface area contributed by atoms with Gasteiger partial charge >= 0.3 is 5.92 Å². The summed E-state index contributed by atoms with van der Waals surface area (Å²) in [6.07, 6.45) is 2.31. The molecule has 0 fully saturated rings. The Kier molecular flexibility index (Phi) is 8.74. The number of hydrogen-bond donors (Lipinski definition) is 1. The molecule has 0 aliphatic carbocycles.